The number of anilines is 2. The third kappa shape index (κ3) is 3.00. The van der Waals surface area contributed by atoms with Gasteiger partial charge in [0.2, 0.25) is 11.8 Å². The summed E-state index contributed by atoms with van der Waals surface area (Å²) < 4.78 is 0. The van der Waals surface area contributed by atoms with Crippen molar-refractivity contribution in [2.24, 2.45) is 5.92 Å². The van der Waals surface area contributed by atoms with Crippen LogP contribution in [-0.4, -0.2) is 18.4 Å². The molecular formula is C16H22N2O2. The van der Waals surface area contributed by atoms with Gasteiger partial charge in [0.05, 0.1) is 0 Å². The monoisotopic (exact) mass is 274 g/mol. The van der Waals surface area contributed by atoms with Gasteiger partial charge in [-0.3, -0.25) is 9.59 Å². The second-order valence-corrected chi connectivity index (χ2v) is 5.45. The van der Waals surface area contributed by atoms with Crippen LogP contribution in [0.3, 0.4) is 0 Å². The van der Waals surface area contributed by atoms with Crippen molar-refractivity contribution in [3.63, 3.8) is 0 Å². The molecule has 20 heavy (non-hydrogen) atoms. The summed E-state index contributed by atoms with van der Waals surface area (Å²) >= 11 is 0. The Bertz CT molecular complexity index is 525. The van der Waals surface area contributed by atoms with E-state index in [0.717, 1.165) is 36.3 Å². The predicted octanol–water partition coefficient (Wildman–Crippen LogP) is 3.11. The second-order valence-electron chi connectivity index (χ2n) is 5.45. The molecule has 1 N–H and O–H groups in total. The van der Waals surface area contributed by atoms with Gasteiger partial charge in [0.25, 0.3) is 0 Å². The molecule has 1 fully saturated rings. The molecule has 1 saturated heterocycles. The average molecular weight is 274 g/mol. The average Bonchev–Trinajstić information content (AvgIpc) is 2.84. The zero-order valence-electron chi connectivity index (χ0n) is 12.4. The van der Waals surface area contributed by atoms with Gasteiger partial charge in [-0.25, -0.2) is 0 Å². The molecule has 1 atom stereocenters. The zero-order chi connectivity index (χ0) is 14.7. The van der Waals surface area contributed by atoms with E-state index in [1.54, 1.807) is 0 Å². The van der Waals surface area contributed by atoms with Gasteiger partial charge in [-0.2, -0.15) is 0 Å². The fraction of sp³-hybridized carbons (Fsp3) is 0.500. The van der Waals surface area contributed by atoms with Gasteiger partial charge < -0.3 is 10.2 Å². The van der Waals surface area contributed by atoms with Crippen LogP contribution < -0.4 is 10.2 Å². The summed E-state index contributed by atoms with van der Waals surface area (Å²) in [4.78, 5) is 25.5. The predicted molar refractivity (Wildman–Crippen MR) is 80.9 cm³/mol. The first-order valence-electron chi connectivity index (χ1n) is 7.24. The Labute approximate surface area is 120 Å². The van der Waals surface area contributed by atoms with Crippen molar-refractivity contribution in [3.8, 4) is 0 Å². The largest absolute Gasteiger partial charge is 0.326 e. The zero-order valence-corrected chi connectivity index (χ0v) is 12.4. The highest BCUT2D eigenvalue weighted by molar-refractivity contribution is 5.97. The van der Waals surface area contributed by atoms with Gasteiger partial charge in [-0.15, -0.1) is 0 Å². The van der Waals surface area contributed by atoms with Crippen molar-refractivity contribution < 1.29 is 9.59 Å². The standard InChI is InChI=1S/C16H22N2O2/c1-4-11(2)16(20)17-13-7-8-14(12(3)10-13)18-9-5-6-15(18)19/h7-8,10-11H,4-6,9H2,1-3H3,(H,17,20)/t11-/m1/s1. The van der Waals surface area contributed by atoms with Gasteiger partial charge in [0.1, 0.15) is 0 Å². The Hall–Kier alpha value is -1.84. The van der Waals surface area contributed by atoms with Crippen LogP contribution in [-0.2, 0) is 9.59 Å². The van der Waals surface area contributed by atoms with Gasteiger partial charge in [-0.05, 0) is 43.5 Å². The fourth-order valence-electron chi connectivity index (χ4n) is 2.39. The van der Waals surface area contributed by atoms with E-state index in [1.807, 2.05) is 43.9 Å². The number of amides is 2. The van der Waals surface area contributed by atoms with Crippen LogP contribution in [0.15, 0.2) is 18.2 Å². The maximum atomic E-state index is 11.9. The van der Waals surface area contributed by atoms with E-state index in [9.17, 15) is 9.59 Å². The molecule has 0 aromatic heterocycles. The number of hydrogen-bond donors (Lipinski definition) is 1. The third-order valence-corrected chi connectivity index (χ3v) is 3.89. The van der Waals surface area contributed by atoms with Crippen molar-refractivity contribution in [1.29, 1.82) is 0 Å². The Balaban J connectivity index is 2.13. The lowest BCUT2D eigenvalue weighted by molar-refractivity contribution is -0.119. The summed E-state index contributed by atoms with van der Waals surface area (Å²) in [7, 11) is 0. The maximum Gasteiger partial charge on any atom is 0.227 e. The highest BCUT2D eigenvalue weighted by Gasteiger charge is 2.23. The molecule has 0 aliphatic carbocycles. The van der Waals surface area contributed by atoms with Crippen molar-refractivity contribution in [1.82, 2.24) is 0 Å². The molecule has 0 radical (unpaired) electrons. The Kier molecular flexibility index (Phi) is 4.42. The molecule has 0 unspecified atom stereocenters. The molecule has 4 nitrogen and oxygen atoms in total. The van der Waals surface area contributed by atoms with Crippen molar-refractivity contribution in [2.45, 2.75) is 40.0 Å². The Morgan fingerprint density at radius 1 is 1.45 bits per heavy atom. The quantitative estimate of drug-likeness (QED) is 0.917. The van der Waals surface area contributed by atoms with E-state index >= 15 is 0 Å². The number of nitrogens with one attached hydrogen (secondary N) is 1. The van der Waals surface area contributed by atoms with Gasteiger partial charge in [-0.1, -0.05) is 13.8 Å². The lowest BCUT2D eigenvalue weighted by atomic mass is 10.1. The summed E-state index contributed by atoms with van der Waals surface area (Å²) in [5.41, 5.74) is 2.76. The molecule has 1 aliphatic heterocycles. The molecule has 1 aromatic rings. The third-order valence-electron chi connectivity index (χ3n) is 3.89. The first-order valence-corrected chi connectivity index (χ1v) is 7.24. The van der Waals surface area contributed by atoms with Crippen LogP contribution in [0.25, 0.3) is 0 Å². The second kappa shape index (κ2) is 6.07. The molecular weight excluding hydrogens is 252 g/mol. The summed E-state index contributed by atoms with van der Waals surface area (Å²) in [6.45, 7) is 6.68. The van der Waals surface area contributed by atoms with Crippen LogP contribution in [0.4, 0.5) is 11.4 Å². The number of carbonyl (C=O) groups is 2. The minimum atomic E-state index is 0.00939. The highest BCUT2D eigenvalue weighted by atomic mass is 16.2. The van der Waals surface area contributed by atoms with Crippen molar-refractivity contribution in [2.75, 3.05) is 16.8 Å². The van der Waals surface area contributed by atoms with E-state index in [4.69, 9.17) is 0 Å². The molecule has 0 saturated carbocycles. The number of nitrogens with zero attached hydrogens (tertiary/aromatic N) is 1. The minimum Gasteiger partial charge on any atom is -0.326 e. The lowest BCUT2D eigenvalue weighted by Crippen LogP contribution is -2.24. The number of aryl methyl sites for hydroxylation is 1. The molecule has 1 aromatic carbocycles. The molecule has 108 valence electrons. The fourth-order valence-corrected chi connectivity index (χ4v) is 2.39. The summed E-state index contributed by atoms with van der Waals surface area (Å²) in [5.74, 6) is 0.233. The molecule has 2 amide bonds. The molecule has 1 aliphatic rings. The smallest absolute Gasteiger partial charge is 0.227 e. The lowest BCUT2D eigenvalue weighted by Gasteiger charge is -2.19. The van der Waals surface area contributed by atoms with Crippen LogP contribution in [0.5, 0.6) is 0 Å². The van der Waals surface area contributed by atoms with Gasteiger partial charge >= 0.3 is 0 Å². The molecule has 2 rings (SSSR count). The molecule has 1 heterocycles. The number of hydrogen-bond acceptors (Lipinski definition) is 2. The van der Waals surface area contributed by atoms with E-state index in [-0.39, 0.29) is 17.7 Å². The molecule has 0 bridgehead atoms. The minimum absolute atomic E-state index is 0.00939. The maximum absolute atomic E-state index is 11.9. The number of carbonyl (C=O) groups excluding carboxylic acids is 2. The normalized spacial score (nSPS) is 16.4. The van der Waals surface area contributed by atoms with Crippen LogP contribution in [0.1, 0.15) is 38.7 Å². The Morgan fingerprint density at radius 2 is 2.20 bits per heavy atom. The topological polar surface area (TPSA) is 49.4 Å². The van der Waals surface area contributed by atoms with Gasteiger partial charge in [0.15, 0.2) is 0 Å². The van der Waals surface area contributed by atoms with E-state index in [2.05, 4.69) is 5.32 Å². The number of rotatable bonds is 4. The summed E-state index contributed by atoms with van der Waals surface area (Å²) in [5, 5.41) is 2.92. The van der Waals surface area contributed by atoms with Crippen LogP contribution in [0, 0.1) is 12.8 Å². The SMILES string of the molecule is CC[C@@H](C)C(=O)Nc1ccc(N2CCCC2=O)c(C)c1. The first kappa shape index (κ1) is 14.6. The highest BCUT2D eigenvalue weighted by Crippen LogP contribution is 2.27. The van der Waals surface area contributed by atoms with E-state index < -0.39 is 0 Å². The number of benzene rings is 1. The summed E-state index contributed by atoms with van der Waals surface area (Å²) in [6, 6.07) is 5.72. The molecule has 4 heteroatoms. The first-order chi connectivity index (χ1) is 9.52. The van der Waals surface area contributed by atoms with Crippen molar-refractivity contribution >= 4 is 23.2 Å². The van der Waals surface area contributed by atoms with Crippen LogP contribution in [0.2, 0.25) is 0 Å². The molecule has 0 spiro atoms. The van der Waals surface area contributed by atoms with Crippen molar-refractivity contribution in [3.05, 3.63) is 23.8 Å². The van der Waals surface area contributed by atoms with E-state index in [1.165, 1.54) is 0 Å². The van der Waals surface area contributed by atoms with Crippen LogP contribution >= 0.6 is 0 Å². The van der Waals surface area contributed by atoms with Gasteiger partial charge in [0, 0.05) is 30.3 Å². The van der Waals surface area contributed by atoms with E-state index in [0.29, 0.717) is 6.42 Å². The Morgan fingerprint density at radius 3 is 2.75 bits per heavy atom. The summed E-state index contributed by atoms with van der Waals surface area (Å²) in [6.07, 6.45) is 2.38.